The number of hydrogen-bond acceptors (Lipinski definition) is 4. The number of halogens is 2. The highest BCUT2D eigenvalue weighted by Gasteiger charge is 2.07. The van der Waals surface area contributed by atoms with E-state index in [1.54, 1.807) is 12.3 Å². The van der Waals surface area contributed by atoms with E-state index in [1.807, 2.05) is 24.3 Å². The largest absolute Gasteiger partial charge is 0.338 e. The number of hydrogen-bond donors (Lipinski definition) is 2. The van der Waals surface area contributed by atoms with Gasteiger partial charge >= 0.3 is 0 Å². The van der Waals surface area contributed by atoms with Crippen molar-refractivity contribution >= 4 is 45.7 Å². The monoisotopic (exact) mass is 339 g/mol. The average molecular weight is 340 g/mol. The van der Waals surface area contributed by atoms with Crippen molar-refractivity contribution < 1.29 is 4.39 Å². The van der Waals surface area contributed by atoms with Crippen LogP contribution in [0.25, 0.3) is 22.1 Å². The summed E-state index contributed by atoms with van der Waals surface area (Å²) >= 11 is 5.94. The first-order chi connectivity index (χ1) is 11.7. The van der Waals surface area contributed by atoms with Gasteiger partial charge in [0.25, 0.3) is 0 Å². The fourth-order valence-electron chi connectivity index (χ4n) is 2.45. The number of nitrogens with one attached hydrogen (secondary N) is 2. The summed E-state index contributed by atoms with van der Waals surface area (Å²) in [4.78, 5) is 12.0. The minimum Gasteiger partial charge on any atom is -0.338 e. The second kappa shape index (κ2) is 5.90. The fourth-order valence-corrected chi connectivity index (χ4v) is 2.66. The first kappa shape index (κ1) is 14.6. The quantitative estimate of drug-likeness (QED) is 0.431. The molecule has 0 bridgehead atoms. The van der Waals surface area contributed by atoms with Crippen LogP contribution in [0.4, 0.5) is 10.2 Å². The van der Waals surface area contributed by atoms with Crippen LogP contribution in [0.1, 0.15) is 5.56 Å². The van der Waals surface area contributed by atoms with Gasteiger partial charge in [-0.2, -0.15) is 5.10 Å². The van der Waals surface area contributed by atoms with Gasteiger partial charge in [-0.1, -0.05) is 35.9 Å². The molecule has 24 heavy (non-hydrogen) atoms. The zero-order valence-corrected chi connectivity index (χ0v) is 13.0. The first-order valence-electron chi connectivity index (χ1n) is 7.19. The molecule has 0 unspecified atom stereocenters. The maximum atomic E-state index is 13.7. The Morgan fingerprint density at radius 3 is 2.92 bits per heavy atom. The van der Waals surface area contributed by atoms with Gasteiger partial charge in [0.2, 0.25) is 0 Å². The van der Waals surface area contributed by atoms with Gasteiger partial charge in [0.15, 0.2) is 11.5 Å². The number of aromatic nitrogens is 3. The summed E-state index contributed by atoms with van der Waals surface area (Å²) in [5.74, 6) is 0.00275. The zero-order chi connectivity index (χ0) is 16.5. The lowest BCUT2D eigenvalue weighted by molar-refractivity contribution is 0.626. The molecule has 0 aliphatic heterocycles. The van der Waals surface area contributed by atoms with E-state index in [0.717, 1.165) is 16.4 Å². The van der Waals surface area contributed by atoms with Crippen LogP contribution < -0.4 is 5.43 Å². The molecule has 2 aromatic heterocycles. The van der Waals surface area contributed by atoms with Crippen LogP contribution in [-0.4, -0.2) is 21.2 Å². The molecule has 2 N–H and O–H groups in total. The number of para-hydroxylation sites is 1. The fraction of sp³-hybridized carbons (Fsp3) is 0. The molecular weight excluding hydrogens is 329 g/mol. The van der Waals surface area contributed by atoms with Crippen LogP contribution in [0.2, 0.25) is 5.02 Å². The summed E-state index contributed by atoms with van der Waals surface area (Å²) in [5, 5.41) is 5.28. The normalized spacial score (nSPS) is 11.6. The molecule has 4 aromatic rings. The van der Waals surface area contributed by atoms with Crippen LogP contribution in [0.15, 0.2) is 53.8 Å². The van der Waals surface area contributed by atoms with E-state index in [9.17, 15) is 4.39 Å². The number of fused-ring (bicyclic) bond motifs is 3. The van der Waals surface area contributed by atoms with Gasteiger partial charge in [-0.25, -0.2) is 14.4 Å². The van der Waals surface area contributed by atoms with Crippen molar-refractivity contribution in [3.8, 4) is 0 Å². The van der Waals surface area contributed by atoms with Gasteiger partial charge in [-0.05, 0) is 18.2 Å². The lowest BCUT2D eigenvalue weighted by Gasteiger charge is -2.01. The maximum absolute atomic E-state index is 13.7. The predicted molar refractivity (Wildman–Crippen MR) is 94.0 cm³/mol. The number of H-pyrrole nitrogens is 1. The summed E-state index contributed by atoms with van der Waals surface area (Å²) < 4.78 is 13.7. The summed E-state index contributed by atoms with van der Waals surface area (Å²) in [5.41, 5.74) is 5.36. The molecule has 0 radical (unpaired) electrons. The lowest BCUT2D eigenvalue weighted by Crippen LogP contribution is -1.96. The average Bonchev–Trinajstić information content (AvgIpc) is 2.95. The zero-order valence-electron chi connectivity index (χ0n) is 12.3. The standard InChI is InChI=1S/C17H11ClFN5/c18-12-5-3-6-13(19)11(12)8-21-24-15-9-20-16-10-4-1-2-7-14(10)22-17(16)23-15/h1-9H,(H2,22,23,24)/b21-8+. The third kappa shape index (κ3) is 2.57. The molecule has 0 spiro atoms. The van der Waals surface area contributed by atoms with Gasteiger partial charge in [0, 0.05) is 16.5 Å². The molecule has 7 heteroatoms. The third-order valence-corrected chi connectivity index (χ3v) is 3.91. The molecule has 2 aromatic carbocycles. The van der Waals surface area contributed by atoms with Crippen LogP contribution in [0.3, 0.4) is 0 Å². The Balaban J connectivity index is 1.63. The highest BCUT2D eigenvalue weighted by atomic mass is 35.5. The van der Waals surface area contributed by atoms with Gasteiger partial charge in [0.1, 0.15) is 11.3 Å². The maximum Gasteiger partial charge on any atom is 0.167 e. The van der Waals surface area contributed by atoms with Crippen molar-refractivity contribution in [3.63, 3.8) is 0 Å². The Morgan fingerprint density at radius 2 is 2.04 bits per heavy atom. The minimum absolute atomic E-state index is 0.214. The molecule has 5 nitrogen and oxygen atoms in total. The number of anilines is 1. The molecule has 0 aliphatic carbocycles. The first-order valence-corrected chi connectivity index (χ1v) is 7.57. The van der Waals surface area contributed by atoms with Crippen LogP contribution >= 0.6 is 11.6 Å². The summed E-state index contributed by atoms with van der Waals surface area (Å²) in [6.45, 7) is 0. The van der Waals surface area contributed by atoms with Crippen molar-refractivity contribution in [2.24, 2.45) is 5.10 Å². The van der Waals surface area contributed by atoms with Gasteiger partial charge in [-0.3, -0.25) is 5.43 Å². The summed E-state index contributed by atoms with van der Waals surface area (Å²) in [6.07, 6.45) is 2.89. The van der Waals surface area contributed by atoms with E-state index in [1.165, 1.54) is 18.3 Å². The minimum atomic E-state index is -0.440. The molecule has 4 rings (SSSR count). The summed E-state index contributed by atoms with van der Waals surface area (Å²) in [6, 6.07) is 12.3. The topological polar surface area (TPSA) is 66.0 Å². The Bertz CT molecular complexity index is 1050. The Labute approximate surface area is 141 Å². The van der Waals surface area contributed by atoms with E-state index in [0.29, 0.717) is 11.5 Å². The second-order valence-electron chi connectivity index (χ2n) is 5.13. The van der Waals surface area contributed by atoms with Crippen LogP contribution in [-0.2, 0) is 0 Å². The van der Waals surface area contributed by atoms with Crippen molar-refractivity contribution in [2.75, 3.05) is 5.43 Å². The van der Waals surface area contributed by atoms with E-state index >= 15 is 0 Å². The SMILES string of the molecule is Fc1cccc(Cl)c1/C=N/Nc1cnc2c(n1)[nH]c1ccccc12. The molecule has 0 amide bonds. The number of nitrogens with zero attached hydrogens (tertiary/aromatic N) is 3. The Morgan fingerprint density at radius 1 is 1.17 bits per heavy atom. The van der Waals surface area contributed by atoms with E-state index < -0.39 is 5.82 Å². The number of rotatable bonds is 3. The summed E-state index contributed by atoms with van der Waals surface area (Å²) in [7, 11) is 0. The van der Waals surface area contributed by atoms with Gasteiger partial charge in [0.05, 0.1) is 17.4 Å². The van der Waals surface area contributed by atoms with E-state index in [4.69, 9.17) is 11.6 Å². The highest BCUT2D eigenvalue weighted by molar-refractivity contribution is 6.33. The number of benzene rings is 2. The third-order valence-electron chi connectivity index (χ3n) is 3.58. The smallest absolute Gasteiger partial charge is 0.167 e. The number of aromatic amines is 1. The molecular formula is C17H11ClFN5. The van der Waals surface area contributed by atoms with Crippen molar-refractivity contribution in [1.82, 2.24) is 15.0 Å². The number of hydrazone groups is 1. The van der Waals surface area contributed by atoms with E-state index in [2.05, 4.69) is 25.5 Å². The Kier molecular flexibility index (Phi) is 3.59. The molecule has 0 fully saturated rings. The molecule has 0 aliphatic rings. The van der Waals surface area contributed by atoms with Gasteiger partial charge in [-0.15, -0.1) is 0 Å². The molecule has 118 valence electrons. The Hall–Kier alpha value is -2.99. The lowest BCUT2D eigenvalue weighted by atomic mass is 10.2. The molecule has 0 saturated carbocycles. The second-order valence-corrected chi connectivity index (χ2v) is 5.54. The van der Waals surface area contributed by atoms with Gasteiger partial charge < -0.3 is 4.98 Å². The van der Waals surface area contributed by atoms with Crippen molar-refractivity contribution in [3.05, 3.63) is 65.1 Å². The van der Waals surface area contributed by atoms with Crippen molar-refractivity contribution in [1.29, 1.82) is 0 Å². The van der Waals surface area contributed by atoms with E-state index in [-0.39, 0.29) is 10.6 Å². The molecule has 0 atom stereocenters. The van der Waals surface area contributed by atoms with Crippen LogP contribution in [0, 0.1) is 5.82 Å². The van der Waals surface area contributed by atoms with Crippen LogP contribution in [0.5, 0.6) is 0 Å². The molecule has 0 saturated heterocycles. The molecule has 2 heterocycles. The predicted octanol–water partition coefficient (Wildman–Crippen LogP) is 4.35. The van der Waals surface area contributed by atoms with Crippen molar-refractivity contribution in [2.45, 2.75) is 0 Å². The highest BCUT2D eigenvalue weighted by Crippen LogP contribution is 2.22.